The van der Waals surface area contributed by atoms with Gasteiger partial charge in [-0.15, -0.1) is 0 Å². The van der Waals surface area contributed by atoms with Crippen molar-refractivity contribution in [2.24, 2.45) is 5.73 Å². The minimum absolute atomic E-state index is 0.0917. The minimum atomic E-state index is -0.114. The lowest BCUT2D eigenvalue weighted by atomic mass is 10.1. The van der Waals surface area contributed by atoms with Crippen LogP contribution < -0.4 is 11.1 Å². The van der Waals surface area contributed by atoms with Crippen LogP contribution in [0.15, 0.2) is 0 Å². The van der Waals surface area contributed by atoms with Gasteiger partial charge in [-0.25, -0.2) is 0 Å². The van der Waals surface area contributed by atoms with Crippen molar-refractivity contribution >= 4 is 11.9 Å². The Labute approximate surface area is 273 Å². The summed E-state index contributed by atoms with van der Waals surface area (Å²) < 4.78 is 10.9. The predicted molar refractivity (Wildman–Crippen MR) is 187 cm³/mol. The van der Waals surface area contributed by atoms with E-state index in [1.54, 1.807) is 0 Å². The number of ether oxygens (including phenoxy) is 2. The third kappa shape index (κ3) is 33.7. The SMILES string of the molecule is CCCCCCCCCCCCOC(=O)CCNCCN(CCCCCN)CCC(=O)OCCCCCCCCCCCC. The summed E-state index contributed by atoms with van der Waals surface area (Å²) in [6.45, 7) is 10.3. The molecule has 0 aliphatic rings. The highest BCUT2D eigenvalue weighted by Gasteiger charge is 2.10. The van der Waals surface area contributed by atoms with Gasteiger partial charge < -0.3 is 25.4 Å². The number of hydrogen-bond donors (Lipinski definition) is 2. The highest BCUT2D eigenvalue weighted by Crippen LogP contribution is 2.12. The Hall–Kier alpha value is -1.18. The quantitative estimate of drug-likeness (QED) is 0.0531. The van der Waals surface area contributed by atoms with Crippen LogP contribution in [0.1, 0.15) is 174 Å². The maximum Gasteiger partial charge on any atom is 0.307 e. The van der Waals surface area contributed by atoms with Crippen molar-refractivity contribution in [3.05, 3.63) is 0 Å². The zero-order valence-corrected chi connectivity index (χ0v) is 29.5. The van der Waals surface area contributed by atoms with E-state index in [2.05, 4.69) is 24.1 Å². The second kappa shape index (κ2) is 36.3. The van der Waals surface area contributed by atoms with E-state index in [0.29, 0.717) is 39.1 Å². The first-order valence-electron chi connectivity index (χ1n) is 19.1. The van der Waals surface area contributed by atoms with E-state index in [1.165, 1.54) is 103 Å². The Balaban J connectivity index is 3.85. The van der Waals surface area contributed by atoms with Crippen molar-refractivity contribution in [2.75, 3.05) is 52.5 Å². The van der Waals surface area contributed by atoms with Crippen molar-refractivity contribution in [1.29, 1.82) is 0 Å². The van der Waals surface area contributed by atoms with Gasteiger partial charge in [0.1, 0.15) is 0 Å². The van der Waals surface area contributed by atoms with Gasteiger partial charge >= 0.3 is 11.9 Å². The van der Waals surface area contributed by atoms with Crippen LogP contribution >= 0.6 is 0 Å². The smallest absolute Gasteiger partial charge is 0.307 e. The third-order valence-corrected chi connectivity index (χ3v) is 8.44. The Morgan fingerprint density at radius 1 is 0.500 bits per heavy atom. The first kappa shape index (κ1) is 42.8. The molecule has 262 valence electrons. The molecule has 0 saturated carbocycles. The van der Waals surface area contributed by atoms with Crippen LogP contribution in [0.5, 0.6) is 0 Å². The van der Waals surface area contributed by atoms with E-state index in [9.17, 15) is 9.59 Å². The summed E-state index contributed by atoms with van der Waals surface area (Å²) in [5.41, 5.74) is 5.65. The second-order valence-electron chi connectivity index (χ2n) is 12.7. The highest BCUT2D eigenvalue weighted by molar-refractivity contribution is 5.69. The van der Waals surface area contributed by atoms with Gasteiger partial charge in [-0.2, -0.15) is 0 Å². The molecule has 0 aromatic heterocycles. The number of esters is 2. The molecule has 0 unspecified atom stereocenters. The van der Waals surface area contributed by atoms with Gasteiger partial charge in [-0.05, 0) is 38.8 Å². The standard InChI is InChI=1S/C37H75N3O4/c1-3-5-7-9-11-13-15-17-19-24-34-43-36(41)26-29-39-30-33-40(31-23-21-22-28-38)32-27-37(42)44-35-25-20-18-16-14-12-10-8-6-4-2/h39H,3-35,38H2,1-2H3. The van der Waals surface area contributed by atoms with Crippen molar-refractivity contribution in [3.63, 3.8) is 0 Å². The number of hydrogen-bond acceptors (Lipinski definition) is 7. The van der Waals surface area contributed by atoms with Crippen LogP contribution in [0.2, 0.25) is 0 Å². The van der Waals surface area contributed by atoms with Crippen LogP contribution in [0.25, 0.3) is 0 Å². The summed E-state index contributed by atoms with van der Waals surface area (Å²) in [5.74, 6) is -0.205. The monoisotopic (exact) mass is 626 g/mol. The number of nitrogens with two attached hydrogens (primary N) is 1. The number of carbonyl (C=O) groups excluding carboxylic acids is 2. The molecule has 0 heterocycles. The molecule has 0 rings (SSSR count). The van der Waals surface area contributed by atoms with Crippen molar-refractivity contribution in [3.8, 4) is 0 Å². The third-order valence-electron chi connectivity index (χ3n) is 8.44. The molecule has 7 nitrogen and oxygen atoms in total. The van der Waals surface area contributed by atoms with Crippen LogP contribution in [0, 0.1) is 0 Å². The molecule has 0 aromatic rings. The number of unbranched alkanes of at least 4 members (excludes halogenated alkanes) is 20. The second-order valence-corrected chi connectivity index (χ2v) is 12.7. The molecule has 7 heteroatoms. The summed E-state index contributed by atoms with van der Waals surface area (Å²) in [4.78, 5) is 26.7. The van der Waals surface area contributed by atoms with Gasteiger partial charge in [0, 0.05) is 26.2 Å². The summed E-state index contributed by atoms with van der Waals surface area (Å²) in [5, 5.41) is 3.38. The number of nitrogens with zero attached hydrogens (tertiary/aromatic N) is 1. The Morgan fingerprint density at radius 2 is 0.932 bits per heavy atom. The first-order chi connectivity index (χ1) is 21.6. The molecular weight excluding hydrogens is 550 g/mol. The minimum Gasteiger partial charge on any atom is -0.466 e. The van der Waals surface area contributed by atoms with Crippen molar-refractivity contribution < 1.29 is 19.1 Å². The highest BCUT2D eigenvalue weighted by atomic mass is 16.5. The fraction of sp³-hybridized carbons (Fsp3) is 0.946. The van der Waals surface area contributed by atoms with E-state index in [0.717, 1.165) is 71.1 Å². The van der Waals surface area contributed by atoms with E-state index >= 15 is 0 Å². The van der Waals surface area contributed by atoms with Gasteiger partial charge in [0.25, 0.3) is 0 Å². The molecule has 0 bridgehead atoms. The molecule has 0 saturated heterocycles. The van der Waals surface area contributed by atoms with Gasteiger partial charge in [-0.3, -0.25) is 9.59 Å². The molecule has 0 atom stereocenters. The van der Waals surface area contributed by atoms with Crippen LogP contribution in [-0.2, 0) is 19.1 Å². The Morgan fingerprint density at radius 3 is 1.41 bits per heavy atom. The molecular formula is C37H75N3O4. The number of carbonyl (C=O) groups is 2. The maximum absolute atomic E-state index is 12.3. The zero-order valence-electron chi connectivity index (χ0n) is 29.5. The number of nitrogens with one attached hydrogen (secondary N) is 1. The summed E-state index contributed by atoms with van der Waals surface area (Å²) >= 11 is 0. The normalized spacial score (nSPS) is 11.4. The van der Waals surface area contributed by atoms with Crippen LogP contribution in [0.4, 0.5) is 0 Å². The molecule has 0 aliphatic carbocycles. The Kier molecular flexibility index (Phi) is 35.3. The van der Waals surface area contributed by atoms with Gasteiger partial charge in [0.05, 0.1) is 26.1 Å². The van der Waals surface area contributed by atoms with E-state index < -0.39 is 0 Å². The zero-order chi connectivity index (χ0) is 32.2. The summed E-state index contributed by atoms with van der Waals surface area (Å²) in [7, 11) is 0. The lowest BCUT2D eigenvalue weighted by molar-refractivity contribution is -0.145. The predicted octanol–water partition coefficient (Wildman–Crippen LogP) is 8.72. The molecule has 44 heavy (non-hydrogen) atoms. The maximum atomic E-state index is 12.3. The molecule has 3 N–H and O–H groups in total. The van der Waals surface area contributed by atoms with E-state index in [4.69, 9.17) is 15.2 Å². The fourth-order valence-corrected chi connectivity index (χ4v) is 5.49. The van der Waals surface area contributed by atoms with Crippen LogP contribution in [-0.4, -0.2) is 69.3 Å². The lowest BCUT2D eigenvalue weighted by Gasteiger charge is -2.22. The summed E-state index contributed by atoms with van der Waals surface area (Å²) in [6.07, 6.45) is 29.6. The average Bonchev–Trinajstić information content (AvgIpc) is 3.02. The largest absolute Gasteiger partial charge is 0.466 e. The lowest BCUT2D eigenvalue weighted by Crippen LogP contribution is -2.35. The average molecular weight is 626 g/mol. The van der Waals surface area contributed by atoms with E-state index in [1.807, 2.05) is 0 Å². The first-order valence-corrected chi connectivity index (χ1v) is 19.1. The molecule has 0 fully saturated rings. The molecule has 0 aromatic carbocycles. The Bertz CT molecular complexity index is 605. The van der Waals surface area contributed by atoms with Gasteiger partial charge in [-0.1, -0.05) is 136 Å². The van der Waals surface area contributed by atoms with Gasteiger partial charge in [0.15, 0.2) is 0 Å². The molecule has 0 amide bonds. The van der Waals surface area contributed by atoms with Crippen molar-refractivity contribution in [1.82, 2.24) is 10.2 Å². The van der Waals surface area contributed by atoms with Gasteiger partial charge in [0.2, 0.25) is 0 Å². The van der Waals surface area contributed by atoms with Crippen molar-refractivity contribution in [2.45, 2.75) is 174 Å². The summed E-state index contributed by atoms with van der Waals surface area (Å²) in [6, 6.07) is 0. The topological polar surface area (TPSA) is 93.9 Å². The molecule has 0 aliphatic heterocycles. The number of rotatable bonds is 36. The van der Waals surface area contributed by atoms with E-state index in [-0.39, 0.29) is 11.9 Å². The molecule has 0 spiro atoms. The fourth-order valence-electron chi connectivity index (χ4n) is 5.49. The molecule has 0 radical (unpaired) electrons. The van der Waals surface area contributed by atoms with Crippen LogP contribution in [0.3, 0.4) is 0 Å².